The van der Waals surface area contributed by atoms with Gasteiger partial charge in [-0.1, -0.05) is 13.8 Å². The largest absolute Gasteiger partial charge is 0.380 e. The van der Waals surface area contributed by atoms with Gasteiger partial charge in [0, 0.05) is 31.6 Å². The number of ether oxygens (including phenoxy) is 2. The van der Waals surface area contributed by atoms with Crippen molar-refractivity contribution in [3.05, 3.63) is 12.4 Å². The lowest BCUT2D eigenvalue weighted by Gasteiger charge is -2.35. The summed E-state index contributed by atoms with van der Waals surface area (Å²) >= 11 is 0. The van der Waals surface area contributed by atoms with Crippen molar-refractivity contribution in [3.8, 4) is 0 Å². The molecule has 2 aliphatic rings. The van der Waals surface area contributed by atoms with Crippen LogP contribution in [0.1, 0.15) is 39.5 Å². The Morgan fingerprint density at radius 3 is 2.70 bits per heavy atom. The Balaban J connectivity index is 1.50. The summed E-state index contributed by atoms with van der Waals surface area (Å²) in [5, 5.41) is 7.98. The number of nitrogens with one attached hydrogen (secondary N) is 1. The lowest BCUT2D eigenvalue weighted by atomic mass is 9.90. The lowest BCUT2D eigenvalue weighted by Crippen LogP contribution is -2.39. The average Bonchev–Trinajstić information content (AvgIpc) is 3.02. The first-order chi connectivity index (χ1) is 9.65. The predicted octanol–water partition coefficient (Wildman–Crippen LogP) is 2.64. The summed E-state index contributed by atoms with van der Waals surface area (Å²) in [4.78, 5) is 0. The Labute approximate surface area is 120 Å². The zero-order valence-electron chi connectivity index (χ0n) is 12.5. The molecule has 1 spiro atoms. The summed E-state index contributed by atoms with van der Waals surface area (Å²) in [7, 11) is 0. The number of hydrogen-bond acceptors (Lipinski definition) is 4. The van der Waals surface area contributed by atoms with Crippen LogP contribution in [0.5, 0.6) is 0 Å². The Bertz CT molecular complexity index is 428. The second kappa shape index (κ2) is 5.74. The smallest absolute Gasteiger partial charge is 0.168 e. The molecule has 5 nitrogen and oxygen atoms in total. The molecule has 0 atom stereocenters. The Morgan fingerprint density at radius 1 is 1.35 bits per heavy atom. The highest BCUT2D eigenvalue weighted by Gasteiger charge is 2.40. The number of rotatable bonds is 4. The SMILES string of the molecule is CC(C)Cn1cc(NC2CCC3(CC2)OCCO3)cn1. The molecule has 3 rings (SSSR count). The van der Waals surface area contributed by atoms with Crippen LogP contribution in [0.25, 0.3) is 0 Å². The fraction of sp³-hybridized carbons (Fsp3) is 0.800. The molecule has 2 heterocycles. The van der Waals surface area contributed by atoms with Gasteiger partial charge in [-0.05, 0) is 18.8 Å². The quantitative estimate of drug-likeness (QED) is 0.920. The van der Waals surface area contributed by atoms with Gasteiger partial charge in [0.25, 0.3) is 0 Å². The first kappa shape index (κ1) is 13.9. The summed E-state index contributed by atoms with van der Waals surface area (Å²) in [6.45, 7) is 6.88. The molecule has 1 aliphatic carbocycles. The third kappa shape index (κ3) is 3.15. The van der Waals surface area contributed by atoms with E-state index in [1.54, 1.807) is 0 Å². The number of aromatic nitrogens is 2. The van der Waals surface area contributed by atoms with Crippen molar-refractivity contribution in [2.75, 3.05) is 18.5 Å². The molecule has 0 aromatic carbocycles. The van der Waals surface area contributed by atoms with E-state index in [0.717, 1.165) is 51.1 Å². The van der Waals surface area contributed by atoms with Gasteiger partial charge in [-0.25, -0.2) is 0 Å². The topological polar surface area (TPSA) is 48.3 Å². The maximum Gasteiger partial charge on any atom is 0.168 e. The van der Waals surface area contributed by atoms with E-state index >= 15 is 0 Å². The van der Waals surface area contributed by atoms with E-state index in [-0.39, 0.29) is 5.79 Å². The number of nitrogens with zero attached hydrogens (tertiary/aromatic N) is 2. The van der Waals surface area contributed by atoms with Crippen molar-refractivity contribution in [2.24, 2.45) is 5.92 Å². The average molecular weight is 279 g/mol. The molecule has 1 aromatic rings. The summed E-state index contributed by atoms with van der Waals surface area (Å²) in [5.41, 5.74) is 1.12. The van der Waals surface area contributed by atoms with Crippen LogP contribution in [0.4, 0.5) is 5.69 Å². The minimum absolute atomic E-state index is 0.264. The van der Waals surface area contributed by atoms with Crippen LogP contribution < -0.4 is 5.32 Å². The molecule has 0 unspecified atom stereocenters. The minimum Gasteiger partial charge on any atom is -0.380 e. The molecule has 20 heavy (non-hydrogen) atoms. The third-order valence-corrected chi connectivity index (χ3v) is 4.12. The molecule has 1 saturated heterocycles. The molecule has 0 amide bonds. The normalized spacial score (nSPS) is 22.8. The maximum absolute atomic E-state index is 5.76. The predicted molar refractivity (Wildman–Crippen MR) is 77.6 cm³/mol. The van der Waals surface area contributed by atoms with E-state index in [9.17, 15) is 0 Å². The Hall–Kier alpha value is -1.07. The number of anilines is 1. The summed E-state index contributed by atoms with van der Waals surface area (Å²) < 4.78 is 13.5. The van der Waals surface area contributed by atoms with Gasteiger partial charge in [0.2, 0.25) is 0 Å². The molecule has 5 heteroatoms. The van der Waals surface area contributed by atoms with Crippen LogP contribution in [0.2, 0.25) is 0 Å². The van der Waals surface area contributed by atoms with Crippen molar-refractivity contribution < 1.29 is 9.47 Å². The van der Waals surface area contributed by atoms with Crippen LogP contribution in [-0.4, -0.2) is 34.8 Å². The molecule has 1 aromatic heterocycles. The Morgan fingerprint density at radius 2 is 2.05 bits per heavy atom. The highest BCUT2D eigenvalue weighted by atomic mass is 16.7. The van der Waals surface area contributed by atoms with Gasteiger partial charge in [0.05, 0.1) is 25.1 Å². The van der Waals surface area contributed by atoms with Crippen LogP contribution in [-0.2, 0) is 16.0 Å². The second-order valence-electron chi connectivity index (χ2n) is 6.37. The third-order valence-electron chi connectivity index (χ3n) is 4.12. The molecule has 112 valence electrons. The van der Waals surface area contributed by atoms with Crippen LogP contribution in [0.15, 0.2) is 12.4 Å². The highest BCUT2D eigenvalue weighted by Crippen LogP contribution is 2.36. The molecule has 1 N–H and O–H groups in total. The van der Waals surface area contributed by atoms with Crippen molar-refractivity contribution in [3.63, 3.8) is 0 Å². The van der Waals surface area contributed by atoms with Crippen molar-refractivity contribution in [1.29, 1.82) is 0 Å². The summed E-state index contributed by atoms with van der Waals surface area (Å²) in [6, 6.07) is 0.505. The lowest BCUT2D eigenvalue weighted by molar-refractivity contribution is -0.177. The van der Waals surface area contributed by atoms with Crippen molar-refractivity contribution in [2.45, 2.75) is 57.9 Å². The highest BCUT2D eigenvalue weighted by molar-refractivity contribution is 5.39. The van der Waals surface area contributed by atoms with Crippen LogP contribution >= 0.6 is 0 Å². The maximum atomic E-state index is 5.76. The van der Waals surface area contributed by atoms with Gasteiger partial charge in [-0.2, -0.15) is 5.10 Å². The van der Waals surface area contributed by atoms with Crippen molar-refractivity contribution >= 4 is 5.69 Å². The molecule has 0 radical (unpaired) electrons. The standard InChI is InChI=1S/C15H25N3O2/c1-12(2)10-18-11-14(9-16-18)17-13-3-5-15(6-4-13)19-7-8-20-15/h9,11-13,17H,3-8,10H2,1-2H3. The first-order valence-corrected chi connectivity index (χ1v) is 7.72. The van der Waals surface area contributed by atoms with E-state index in [1.165, 1.54) is 0 Å². The van der Waals surface area contributed by atoms with Gasteiger partial charge in [-0.15, -0.1) is 0 Å². The zero-order valence-corrected chi connectivity index (χ0v) is 12.5. The molecule has 1 aliphatic heterocycles. The molecular weight excluding hydrogens is 254 g/mol. The van der Waals surface area contributed by atoms with Gasteiger partial charge >= 0.3 is 0 Å². The molecular formula is C15H25N3O2. The fourth-order valence-corrected chi connectivity index (χ4v) is 3.14. The van der Waals surface area contributed by atoms with E-state index in [1.807, 2.05) is 10.9 Å². The minimum atomic E-state index is -0.264. The van der Waals surface area contributed by atoms with Gasteiger partial charge in [0.15, 0.2) is 5.79 Å². The van der Waals surface area contributed by atoms with Gasteiger partial charge in [-0.3, -0.25) is 4.68 Å². The fourth-order valence-electron chi connectivity index (χ4n) is 3.14. The van der Waals surface area contributed by atoms with Crippen LogP contribution in [0, 0.1) is 5.92 Å². The van der Waals surface area contributed by atoms with E-state index < -0.39 is 0 Å². The van der Waals surface area contributed by atoms with Crippen LogP contribution in [0.3, 0.4) is 0 Å². The van der Waals surface area contributed by atoms with Gasteiger partial charge in [0.1, 0.15) is 0 Å². The summed E-state index contributed by atoms with van der Waals surface area (Å²) in [6.07, 6.45) is 8.20. The van der Waals surface area contributed by atoms with E-state index in [2.05, 4.69) is 30.5 Å². The van der Waals surface area contributed by atoms with Crippen molar-refractivity contribution in [1.82, 2.24) is 9.78 Å². The number of hydrogen-bond donors (Lipinski definition) is 1. The monoisotopic (exact) mass is 279 g/mol. The first-order valence-electron chi connectivity index (χ1n) is 7.72. The second-order valence-corrected chi connectivity index (χ2v) is 6.37. The van der Waals surface area contributed by atoms with E-state index in [4.69, 9.17) is 9.47 Å². The molecule has 0 bridgehead atoms. The molecule has 2 fully saturated rings. The molecule has 1 saturated carbocycles. The Kier molecular flexibility index (Phi) is 3.98. The van der Waals surface area contributed by atoms with Gasteiger partial charge < -0.3 is 14.8 Å². The zero-order chi connectivity index (χ0) is 14.0. The summed E-state index contributed by atoms with van der Waals surface area (Å²) in [5.74, 6) is 0.356. The van der Waals surface area contributed by atoms with E-state index in [0.29, 0.717) is 12.0 Å².